The largest absolute Gasteiger partial charge is 0.496 e. The van der Waals surface area contributed by atoms with Crippen LogP contribution < -0.4 is 9.47 Å². The molecule has 2 aromatic carbocycles. The van der Waals surface area contributed by atoms with Gasteiger partial charge in [-0.05, 0) is 42.0 Å². The average Bonchev–Trinajstić information content (AvgIpc) is 2.67. The lowest BCUT2D eigenvalue weighted by Crippen LogP contribution is -2.08. The van der Waals surface area contributed by atoms with Gasteiger partial charge in [-0.3, -0.25) is 0 Å². The Morgan fingerprint density at radius 2 is 1.38 bits per heavy atom. The number of ether oxygens (including phenoxy) is 2. The second-order valence-electron chi connectivity index (χ2n) is 6.42. The summed E-state index contributed by atoms with van der Waals surface area (Å²) in [5, 5.41) is 0. The summed E-state index contributed by atoms with van der Waals surface area (Å²) < 4.78 is 11.4. The molecule has 2 nitrogen and oxygen atoms in total. The fourth-order valence-corrected chi connectivity index (χ4v) is 3.61. The highest BCUT2D eigenvalue weighted by molar-refractivity contribution is 5.72. The Morgan fingerprint density at radius 1 is 0.792 bits per heavy atom. The van der Waals surface area contributed by atoms with E-state index in [0.29, 0.717) is 5.92 Å². The smallest absolute Gasteiger partial charge is 0.126 e. The molecule has 0 amide bonds. The number of rotatable bonds is 5. The molecule has 0 bridgehead atoms. The molecule has 1 aliphatic rings. The normalized spacial score (nSPS) is 15.6. The first kappa shape index (κ1) is 16.6. The molecular formula is C22H26O2. The van der Waals surface area contributed by atoms with Crippen molar-refractivity contribution in [2.24, 2.45) is 0 Å². The van der Waals surface area contributed by atoms with Gasteiger partial charge in [-0.15, -0.1) is 0 Å². The van der Waals surface area contributed by atoms with Gasteiger partial charge >= 0.3 is 0 Å². The summed E-state index contributed by atoms with van der Waals surface area (Å²) in [6.07, 6.45) is 10.6. The van der Waals surface area contributed by atoms with Crippen molar-refractivity contribution >= 4 is 12.2 Å². The van der Waals surface area contributed by atoms with E-state index in [4.69, 9.17) is 9.47 Å². The summed E-state index contributed by atoms with van der Waals surface area (Å²) in [7, 11) is 3.51. The van der Waals surface area contributed by atoms with Gasteiger partial charge in [0.15, 0.2) is 0 Å². The second-order valence-corrected chi connectivity index (χ2v) is 6.42. The van der Waals surface area contributed by atoms with Crippen molar-refractivity contribution in [3.63, 3.8) is 0 Å². The Balaban J connectivity index is 1.93. The lowest BCUT2D eigenvalue weighted by Gasteiger charge is -2.26. The summed E-state index contributed by atoms with van der Waals surface area (Å²) in [6, 6.07) is 14.6. The second kappa shape index (κ2) is 8.05. The van der Waals surface area contributed by atoms with Crippen molar-refractivity contribution in [1.82, 2.24) is 0 Å². The predicted molar refractivity (Wildman–Crippen MR) is 101 cm³/mol. The molecular weight excluding hydrogens is 296 g/mol. The maximum Gasteiger partial charge on any atom is 0.126 e. The van der Waals surface area contributed by atoms with Crippen molar-refractivity contribution in [3.8, 4) is 11.5 Å². The first-order valence-corrected chi connectivity index (χ1v) is 8.81. The Morgan fingerprint density at radius 3 is 1.96 bits per heavy atom. The molecule has 2 heteroatoms. The lowest BCUT2D eigenvalue weighted by atomic mass is 9.82. The molecule has 2 aromatic rings. The number of hydrogen-bond acceptors (Lipinski definition) is 2. The first-order chi connectivity index (χ1) is 11.8. The highest BCUT2D eigenvalue weighted by Crippen LogP contribution is 2.43. The van der Waals surface area contributed by atoms with Crippen LogP contribution in [0.5, 0.6) is 11.5 Å². The minimum Gasteiger partial charge on any atom is -0.496 e. The molecule has 1 aliphatic carbocycles. The highest BCUT2D eigenvalue weighted by atomic mass is 16.5. The summed E-state index contributed by atoms with van der Waals surface area (Å²) >= 11 is 0. The Labute approximate surface area is 145 Å². The first-order valence-electron chi connectivity index (χ1n) is 8.81. The molecule has 0 heterocycles. The molecule has 126 valence electrons. The van der Waals surface area contributed by atoms with Crippen LogP contribution in [0.25, 0.3) is 12.2 Å². The van der Waals surface area contributed by atoms with Crippen LogP contribution in [0.15, 0.2) is 42.5 Å². The molecule has 0 spiro atoms. The van der Waals surface area contributed by atoms with Gasteiger partial charge in [-0.25, -0.2) is 0 Å². The summed E-state index contributed by atoms with van der Waals surface area (Å²) in [4.78, 5) is 0. The third kappa shape index (κ3) is 3.81. The fourth-order valence-electron chi connectivity index (χ4n) is 3.61. The van der Waals surface area contributed by atoms with Gasteiger partial charge in [0.05, 0.1) is 14.2 Å². The molecule has 1 saturated carbocycles. The van der Waals surface area contributed by atoms with E-state index in [1.165, 1.54) is 43.2 Å². The molecule has 1 fully saturated rings. The van der Waals surface area contributed by atoms with Crippen LogP contribution in [-0.4, -0.2) is 14.2 Å². The molecule has 24 heavy (non-hydrogen) atoms. The zero-order valence-corrected chi connectivity index (χ0v) is 14.6. The molecule has 0 unspecified atom stereocenters. The molecule has 0 N–H and O–H groups in total. The predicted octanol–water partition coefficient (Wildman–Crippen LogP) is 5.92. The highest BCUT2D eigenvalue weighted by Gasteiger charge is 2.23. The van der Waals surface area contributed by atoms with Crippen LogP contribution >= 0.6 is 0 Å². The zero-order chi connectivity index (χ0) is 16.8. The van der Waals surface area contributed by atoms with E-state index in [0.717, 1.165) is 17.1 Å². The minimum atomic E-state index is 0.552. The van der Waals surface area contributed by atoms with Crippen molar-refractivity contribution in [3.05, 3.63) is 59.2 Å². The van der Waals surface area contributed by atoms with E-state index in [2.05, 4.69) is 36.4 Å². The fraction of sp³-hybridized carbons (Fsp3) is 0.364. The van der Waals surface area contributed by atoms with Crippen molar-refractivity contribution in [1.29, 1.82) is 0 Å². The van der Waals surface area contributed by atoms with Crippen LogP contribution in [0.2, 0.25) is 0 Å². The SMILES string of the molecule is COc1cc(/C=C/c2ccccc2)cc(OC)c1C1CCCCC1. The van der Waals surface area contributed by atoms with E-state index in [1.807, 2.05) is 18.2 Å². The Bertz CT molecular complexity index is 657. The molecule has 0 atom stereocenters. The van der Waals surface area contributed by atoms with Crippen molar-refractivity contribution < 1.29 is 9.47 Å². The number of benzene rings is 2. The van der Waals surface area contributed by atoms with E-state index >= 15 is 0 Å². The standard InChI is InChI=1S/C22H26O2/c1-23-20-15-18(14-13-17-9-5-3-6-10-17)16-21(24-2)22(20)19-11-7-4-8-12-19/h3,5-6,9-10,13-16,19H,4,7-8,11-12H2,1-2H3/b14-13+. The number of methoxy groups -OCH3 is 2. The van der Waals surface area contributed by atoms with E-state index < -0.39 is 0 Å². The third-order valence-corrected chi connectivity index (χ3v) is 4.85. The van der Waals surface area contributed by atoms with Crippen LogP contribution in [0.4, 0.5) is 0 Å². The van der Waals surface area contributed by atoms with E-state index in [1.54, 1.807) is 14.2 Å². The van der Waals surface area contributed by atoms with Gasteiger partial charge in [-0.2, -0.15) is 0 Å². The number of hydrogen-bond donors (Lipinski definition) is 0. The van der Waals surface area contributed by atoms with Gasteiger partial charge in [0.1, 0.15) is 11.5 Å². The van der Waals surface area contributed by atoms with Crippen LogP contribution in [0, 0.1) is 0 Å². The molecule has 3 rings (SSSR count). The van der Waals surface area contributed by atoms with Gasteiger partial charge < -0.3 is 9.47 Å². The van der Waals surface area contributed by atoms with Gasteiger partial charge in [-0.1, -0.05) is 61.7 Å². The van der Waals surface area contributed by atoms with E-state index in [9.17, 15) is 0 Å². The average molecular weight is 322 g/mol. The van der Waals surface area contributed by atoms with Crippen LogP contribution in [0.3, 0.4) is 0 Å². The maximum atomic E-state index is 5.72. The summed E-state index contributed by atoms with van der Waals surface area (Å²) in [6.45, 7) is 0. The van der Waals surface area contributed by atoms with Crippen molar-refractivity contribution in [2.45, 2.75) is 38.0 Å². The summed E-state index contributed by atoms with van der Waals surface area (Å²) in [5.41, 5.74) is 3.54. The van der Waals surface area contributed by atoms with Crippen LogP contribution in [-0.2, 0) is 0 Å². The van der Waals surface area contributed by atoms with Crippen LogP contribution in [0.1, 0.15) is 54.7 Å². The maximum absolute atomic E-state index is 5.72. The van der Waals surface area contributed by atoms with Gasteiger partial charge in [0.25, 0.3) is 0 Å². The Kier molecular flexibility index (Phi) is 5.58. The molecule has 0 saturated heterocycles. The van der Waals surface area contributed by atoms with E-state index in [-0.39, 0.29) is 0 Å². The summed E-state index contributed by atoms with van der Waals surface area (Å²) in [5.74, 6) is 2.46. The van der Waals surface area contributed by atoms with Gasteiger partial charge in [0, 0.05) is 5.56 Å². The minimum absolute atomic E-state index is 0.552. The molecule has 0 aliphatic heterocycles. The topological polar surface area (TPSA) is 18.5 Å². The third-order valence-electron chi connectivity index (χ3n) is 4.85. The zero-order valence-electron chi connectivity index (χ0n) is 14.6. The monoisotopic (exact) mass is 322 g/mol. The Hall–Kier alpha value is -2.22. The molecule has 0 aromatic heterocycles. The quantitative estimate of drug-likeness (QED) is 0.636. The van der Waals surface area contributed by atoms with Gasteiger partial charge in [0.2, 0.25) is 0 Å². The lowest BCUT2D eigenvalue weighted by molar-refractivity contribution is 0.359. The molecule has 0 radical (unpaired) electrons. The van der Waals surface area contributed by atoms with Crippen molar-refractivity contribution in [2.75, 3.05) is 14.2 Å².